The van der Waals surface area contributed by atoms with E-state index in [2.05, 4.69) is 0 Å². The van der Waals surface area contributed by atoms with Gasteiger partial charge in [-0.1, -0.05) is 0 Å². The third kappa shape index (κ3) is 3.43. The molecule has 0 N–H and O–H groups in total. The quantitative estimate of drug-likeness (QED) is 0.708. The monoisotopic (exact) mass is 242 g/mol. The maximum Gasteiger partial charge on any atom is 0.254 e. The molecule has 0 radical (unpaired) electrons. The zero-order chi connectivity index (χ0) is 13.1. The van der Waals surface area contributed by atoms with Crippen molar-refractivity contribution in [1.82, 2.24) is 9.80 Å². The summed E-state index contributed by atoms with van der Waals surface area (Å²) < 4.78 is 5.20. The first kappa shape index (κ1) is 14.0. The molecule has 5 heteroatoms. The summed E-state index contributed by atoms with van der Waals surface area (Å²) in [4.78, 5) is 27.0. The average Bonchev–Trinajstić information content (AvgIpc) is 2.53. The van der Waals surface area contributed by atoms with Crippen molar-refractivity contribution in [1.29, 1.82) is 0 Å². The van der Waals surface area contributed by atoms with Crippen LogP contribution in [-0.2, 0) is 14.3 Å². The van der Waals surface area contributed by atoms with Crippen molar-refractivity contribution in [2.75, 3.05) is 33.3 Å². The van der Waals surface area contributed by atoms with Crippen LogP contribution in [0.15, 0.2) is 0 Å². The van der Waals surface area contributed by atoms with Crippen LogP contribution in [0, 0.1) is 0 Å². The summed E-state index contributed by atoms with van der Waals surface area (Å²) in [6, 6.07) is 0. The highest BCUT2D eigenvalue weighted by molar-refractivity contribution is 5.84. The van der Waals surface area contributed by atoms with Gasteiger partial charge in [-0.25, -0.2) is 0 Å². The van der Waals surface area contributed by atoms with Gasteiger partial charge in [-0.15, -0.1) is 0 Å². The molecule has 0 saturated carbocycles. The first-order valence-electron chi connectivity index (χ1n) is 5.98. The molecule has 0 aromatic rings. The van der Waals surface area contributed by atoms with Crippen molar-refractivity contribution in [2.24, 2.45) is 0 Å². The number of carbonyl (C=O) groups is 2. The Bertz CT molecular complexity index is 302. The molecular weight excluding hydrogens is 220 g/mol. The molecule has 0 unspecified atom stereocenters. The van der Waals surface area contributed by atoms with Gasteiger partial charge >= 0.3 is 0 Å². The summed E-state index contributed by atoms with van der Waals surface area (Å²) in [6.45, 7) is 7.72. The predicted octanol–water partition coefficient (Wildman–Crippen LogP) is 0.492. The molecule has 0 aliphatic carbocycles. The molecule has 1 heterocycles. The van der Waals surface area contributed by atoms with Crippen molar-refractivity contribution in [3.63, 3.8) is 0 Å². The highest BCUT2D eigenvalue weighted by atomic mass is 16.5. The third-order valence-corrected chi connectivity index (χ3v) is 3.25. The lowest BCUT2D eigenvalue weighted by Crippen LogP contribution is -2.47. The molecule has 1 fully saturated rings. The molecule has 1 saturated heterocycles. The number of carbonyl (C=O) groups excluding carboxylic acids is 2. The average molecular weight is 242 g/mol. The van der Waals surface area contributed by atoms with E-state index in [-0.39, 0.29) is 11.8 Å². The summed E-state index contributed by atoms with van der Waals surface area (Å²) in [5.41, 5.74) is -0.786. The minimum atomic E-state index is -0.786. The van der Waals surface area contributed by atoms with Crippen LogP contribution in [0.5, 0.6) is 0 Å². The van der Waals surface area contributed by atoms with E-state index in [1.807, 2.05) is 0 Å². The van der Waals surface area contributed by atoms with Gasteiger partial charge in [-0.2, -0.15) is 0 Å². The SMILES string of the molecule is COC(C)(C)C(=O)N1CCCN(C(C)=O)CC1. The molecule has 2 amide bonds. The normalized spacial score (nSPS) is 17.9. The molecule has 0 aromatic carbocycles. The number of rotatable bonds is 2. The molecule has 0 aromatic heterocycles. The van der Waals surface area contributed by atoms with Crippen molar-refractivity contribution < 1.29 is 14.3 Å². The summed E-state index contributed by atoms with van der Waals surface area (Å²) >= 11 is 0. The Morgan fingerprint density at radius 2 is 1.59 bits per heavy atom. The summed E-state index contributed by atoms with van der Waals surface area (Å²) in [7, 11) is 1.54. The van der Waals surface area contributed by atoms with E-state index in [0.717, 1.165) is 13.0 Å². The topological polar surface area (TPSA) is 49.9 Å². The van der Waals surface area contributed by atoms with Crippen LogP contribution in [0.1, 0.15) is 27.2 Å². The van der Waals surface area contributed by atoms with E-state index in [0.29, 0.717) is 19.6 Å². The highest BCUT2D eigenvalue weighted by Crippen LogP contribution is 2.14. The molecule has 98 valence electrons. The molecule has 5 nitrogen and oxygen atoms in total. The van der Waals surface area contributed by atoms with E-state index >= 15 is 0 Å². The number of nitrogens with zero attached hydrogens (tertiary/aromatic N) is 2. The number of amides is 2. The van der Waals surface area contributed by atoms with E-state index in [9.17, 15) is 9.59 Å². The zero-order valence-corrected chi connectivity index (χ0v) is 11.2. The maximum absolute atomic E-state index is 12.2. The van der Waals surface area contributed by atoms with Crippen molar-refractivity contribution in [2.45, 2.75) is 32.8 Å². The predicted molar refractivity (Wildman–Crippen MR) is 64.5 cm³/mol. The molecule has 17 heavy (non-hydrogen) atoms. The Balaban J connectivity index is 2.63. The molecule has 0 atom stereocenters. The van der Waals surface area contributed by atoms with Crippen LogP contribution in [0.2, 0.25) is 0 Å². The van der Waals surface area contributed by atoms with Gasteiger partial charge in [0, 0.05) is 40.2 Å². The van der Waals surface area contributed by atoms with Gasteiger partial charge in [-0.05, 0) is 20.3 Å². The van der Waals surface area contributed by atoms with E-state index in [4.69, 9.17) is 4.74 Å². The molecule has 0 bridgehead atoms. The lowest BCUT2D eigenvalue weighted by atomic mass is 10.1. The molecule has 1 aliphatic rings. The van der Waals surface area contributed by atoms with Gasteiger partial charge < -0.3 is 14.5 Å². The Morgan fingerprint density at radius 3 is 2.12 bits per heavy atom. The first-order valence-corrected chi connectivity index (χ1v) is 5.98. The van der Waals surface area contributed by atoms with Gasteiger partial charge in [0.05, 0.1) is 0 Å². The van der Waals surface area contributed by atoms with Gasteiger partial charge in [0.2, 0.25) is 5.91 Å². The highest BCUT2D eigenvalue weighted by Gasteiger charge is 2.32. The number of methoxy groups -OCH3 is 1. The van der Waals surface area contributed by atoms with E-state index < -0.39 is 5.60 Å². The van der Waals surface area contributed by atoms with Crippen molar-refractivity contribution in [3.8, 4) is 0 Å². The lowest BCUT2D eigenvalue weighted by Gasteiger charge is -2.30. The minimum Gasteiger partial charge on any atom is -0.369 e. The Kier molecular flexibility index (Phi) is 4.51. The molecule has 0 spiro atoms. The van der Waals surface area contributed by atoms with Gasteiger partial charge in [0.15, 0.2) is 0 Å². The Labute approximate surface area is 103 Å². The smallest absolute Gasteiger partial charge is 0.254 e. The second kappa shape index (κ2) is 5.49. The second-order valence-electron chi connectivity index (χ2n) is 4.87. The Morgan fingerprint density at radius 1 is 1.06 bits per heavy atom. The van der Waals surface area contributed by atoms with Crippen LogP contribution in [-0.4, -0.2) is 60.5 Å². The molecule has 1 aliphatic heterocycles. The molecular formula is C12H22N2O3. The van der Waals surface area contributed by atoms with Gasteiger partial charge in [0.1, 0.15) is 5.60 Å². The number of ether oxygens (including phenoxy) is 1. The minimum absolute atomic E-state index is 0.00889. The maximum atomic E-state index is 12.2. The largest absolute Gasteiger partial charge is 0.369 e. The Hall–Kier alpha value is -1.10. The lowest BCUT2D eigenvalue weighted by molar-refractivity contribution is -0.151. The van der Waals surface area contributed by atoms with Crippen LogP contribution in [0.4, 0.5) is 0 Å². The first-order chi connectivity index (χ1) is 7.88. The third-order valence-electron chi connectivity index (χ3n) is 3.25. The fourth-order valence-electron chi connectivity index (χ4n) is 1.90. The van der Waals surface area contributed by atoms with Crippen molar-refractivity contribution >= 4 is 11.8 Å². The van der Waals surface area contributed by atoms with E-state index in [1.54, 1.807) is 30.6 Å². The fraction of sp³-hybridized carbons (Fsp3) is 0.833. The van der Waals surface area contributed by atoms with Crippen LogP contribution in [0.3, 0.4) is 0 Å². The van der Waals surface area contributed by atoms with Crippen LogP contribution in [0.25, 0.3) is 0 Å². The zero-order valence-electron chi connectivity index (χ0n) is 11.2. The second-order valence-corrected chi connectivity index (χ2v) is 4.87. The molecule has 1 rings (SSSR count). The fourth-order valence-corrected chi connectivity index (χ4v) is 1.90. The van der Waals surface area contributed by atoms with Crippen LogP contribution >= 0.6 is 0 Å². The van der Waals surface area contributed by atoms with E-state index in [1.165, 1.54) is 7.11 Å². The van der Waals surface area contributed by atoms with Gasteiger partial charge in [0.25, 0.3) is 5.91 Å². The van der Waals surface area contributed by atoms with Gasteiger partial charge in [-0.3, -0.25) is 9.59 Å². The van der Waals surface area contributed by atoms with Crippen molar-refractivity contribution in [3.05, 3.63) is 0 Å². The standard InChI is InChI=1S/C12H22N2O3/c1-10(15)13-6-5-7-14(9-8-13)11(16)12(2,3)17-4/h5-9H2,1-4H3. The summed E-state index contributed by atoms with van der Waals surface area (Å²) in [5.74, 6) is 0.0655. The number of hydrogen-bond donors (Lipinski definition) is 0. The summed E-state index contributed by atoms with van der Waals surface area (Å²) in [6.07, 6.45) is 0.825. The summed E-state index contributed by atoms with van der Waals surface area (Å²) in [5, 5.41) is 0. The van der Waals surface area contributed by atoms with Crippen LogP contribution < -0.4 is 0 Å². The number of hydrogen-bond acceptors (Lipinski definition) is 3.